The van der Waals surface area contributed by atoms with E-state index in [4.69, 9.17) is 5.73 Å². The lowest BCUT2D eigenvalue weighted by Gasteiger charge is -2.09. The number of hydrogen-bond donors (Lipinski definition) is 1. The predicted molar refractivity (Wildman–Crippen MR) is 64.4 cm³/mol. The highest BCUT2D eigenvalue weighted by atomic mass is 14.6. The predicted octanol–water partition coefficient (Wildman–Crippen LogP) is 2.61. The molecule has 2 nitrogen and oxygen atoms in total. The van der Waals surface area contributed by atoms with Crippen LogP contribution in [-0.2, 0) is 0 Å². The molecule has 0 fully saturated rings. The third-order valence-electron chi connectivity index (χ3n) is 1.73. The zero-order valence-electron chi connectivity index (χ0n) is 9.17. The molecule has 0 heterocycles. The number of rotatable bonds is 4. The van der Waals surface area contributed by atoms with Crippen LogP contribution in [0.5, 0.6) is 0 Å². The Kier molecular flexibility index (Phi) is 5.30. The lowest BCUT2D eigenvalue weighted by Crippen LogP contribution is -2.04. The van der Waals surface area contributed by atoms with Gasteiger partial charge in [0.15, 0.2) is 0 Å². The molecule has 0 aliphatic heterocycles. The molecule has 76 valence electrons. The Morgan fingerprint density at radius 1 is 1.36 bits per heavy atom. The van der Waals surface area contributed by atoms with E-state index in [-0.39, 0.29) is 0 Å². The maximum absolute atomic E-state index is 5.87. The number of aliphatic imine (C=N–C) groups is 1. The van der Waals surface area contributed by atoms with Crippen molar-refractivity contribution in [3.8, 4) is 0 Å². The summed E-state index contributed by atoms with van der Waals surface area (Å²) < 4.78 is 0. The smallest absolute Gasteiger partial charge is 0.0393 e. The monoisotopic (exact) mass is 190 g/mol. The van der Waals surface area contributed by atoms with E-state index in [1.165, 1.54) is 0 Å². The van der Waals surface area contributed by atoms with Crippen molar-refractivity contribution in [2.24, 2.45) is 10.7 Å². The molecule has 0 aliphatic rings. The number of nitrogens with zero attached hydrogens (tertiary/aromatic N) is 1. The van der Waals surface area contributed by atoms with Gasteiger partial charge >= 0.3 is 0 Å². The van der Waals surface area contributed by atoms with Gasteiger partial charge in [-0.1, -0.05) is 19.2 Å². The summed E-state index contributed by atoms with van der Waals surface area (Å²) in [5.74, 6) is 0. The highest BCUT2D eigenvalue weighted by molar-refractivity contribution is 5.81. The zero-order valence-corrected chi connectivity index (χ0v) is 9.17. The van der Waals surface area contributed by atoms with E-state index < -0.39 is 0 Å². The quantitative estimate of drug-likeness (QED) is 0.537. The van der Waals surface area contributed by atoms with Gasteiger partial charge in [-0.3, -0.25) is 4.99 Å². The topological polar surface area (TPSA) is 38.4 Å². The van der Waals surface area contributed by atoms with E-state index in [0.717, 1.165) is 16.7 Å². The number of hydrogen-bond acceptors (Lipinski definition) is 2. The fourth-order valence-electron chi connectivity index (χ4n) is 1.28. The Balaban J connectivity index is 5.35. The van der Waals surface area contributed by atoms with Crippen LogP contribution in [0.2, 0.25) is 0 Å². The van der Waals surface area contributed by atoms with E-state index in [1.54, 1.807) is 25.4 Å². The van der Waals surface area contributed by atoms with Crippen LogP contribution in [0.15, 0.2) is 52.7 Å². The van der Waals surface area contributed by atoms with Gasteiger partial charge in [0.1, 0.15) is 0 Å². The maximum atomic E-state index is 5.87. The van der Waals surface area contributed by atoms with Crippen LogP contribution in [0, 0.1) is 0 Å². The van der Waals surface area contributed by atoms with Crippen LogP contribution in [0.4, 0.5) is 0 Å². The molecule has 0 aromatic heterocycles. The van der Waals surface area contributed by atoms with Crippen molar-refractivity contribution < 1.29 is 0 Å². The van der Waals surface area contributed by atoms with Crippen molar-refractivity contribution in [3.63, 3.8) is 0 Å². The molecule has 0 unspecified atom stereocenters. The Morgan fingerprint density at radius 3 is 2.29 bits per heavy atom. The van der Waals surface area contributed by atoms with Crippen LogP contribution < -0.4 is 5.73 Å². The van der Waals surface area contributed by atoms with E-state index in [9.17, 15) is 0 Å². The minimum absolute atomic E-state index is 0.671. The molecule has 14 heavy (non-hydrogen) atoms. The van der Waals surface area contributed by atoms with Crippen molar-refractivity contribution in [1.82, 2.24) is 0 Å². The second kappa shape index (κ2) is 5.97. The molecule has 0 spiro atoms. The van der Waals surface area contributed by atoms with Gasteiger partial charge in [-0.2, -0.15) is 0 Å². The third kappa shape index (κ3) is 3.44. The second-order valence-corrected chi connectivity index (χ2v) is 3.08. The van der Waals surface area contributed by atoms with Gasteiger partial charge in [0.25, 0.3) is 0 Å². The normalized spacial score (nSPS) is 14.1. The number of nitrogens with two attached hydrogens (primary N) is 1. The van der Waals surface area contributed by atoms with Crippen molar-refractivity contribution in [1.29, 1.82) is 0 Å². The fraction of sp³-hybridized carbons (Fsp3) is 0.250. The van der Waals surface area contributed by atoms with Crippen LogP contribution in [0.3, 0.4) is 0 Å². The Labute approximate surface area is 86.2 Å². The average molecular weight is 190 g/mol. The first-order valence-corrected chi connectivity index (χ1v) is 4.42. The molecule has 0 atom stereocenters. The van der Waals surface area contributed by atoms with E-state index in [2.05, 4.69) is 18.2 Å². The molecular weight excluding hydrogens is 172 g/mol. The van der Waals surface area contributed by atoms with Gasteiger partial charge in [-0.15, -0.1) is 0 Å². The number of allylic oxidation sites excluding steroid dienone is 4. The van der Waals surface area contributed by atoms with Crippen molar-refractivity contribution >= 4 is 6.21 Å². The molecule has 0 aliphatic carbocycles. The van der Waals surface area contributed by atoms with E-state index in [0.29, 0.717) is 5.70 Å². The summed E-state index contributed by atoms with van der Waals surface area (Å²) in [5, 5.41) is 0. The highest BCUT2D eigenvalue weighted by Crippen LogP contribution is 2.17. The molecule has 0 aromatic carbocycles. The SMILES string of the molecule is C=C/C=C(N)\C(C(=C)C)=C(/C)C=NC. The lowest BCUT2D eigenvalue weighted by molar-refractivity contribution is 1.25. The first kappa shape index (κ1) is 12.4. The molecule has 2 N–H and O–H groups in total. The first-order chi connectivity index (χ1) is 6.54. The minimum atomic E-state index is 0.671. The summed E-state index contributed by atoms with van der Waals surface area (Å²) in [7, 11) is 1.73. The van der Waals surface area contributed by atoms with Gasteiger partial charge in [0.2, 0.25) is 0 Å². The van der Waals surface area contributed by atoms with E-state index in [1.807, 2.05) is 13.8 Å². The summed E-state index contributed by atoms with van der Waals surface area (Å²) in [6.07, 6.45) is 5.19. The van der Waals surface area contributed by atoms with Crippen LogP contribution in [-0.4, -0.2) is 13.3 Å². The molecule has 0 amide bonds. The summed E-state index contributed by atoms with van der Waals surface area (Å²) in [6, 6.07) is 0. The average Bonchev–Trinajstić information content (AvgIpc) is 2.04. The summed E-state index contributed by atoms with van der Waals surface area (Å²) >= 11 is 0. The highest BCUT2D eigenvalue weighted by Gasteiger charge is 2.04. The fourth-order valence-corrected chi connectivity index (χ4v) is 1.28. The Morgan fingerprint density at radius 2 is 1.93 bits per heavy atom. The summed E-state index contributed by atoms with van der Waals surface area (Å²) in [4.78, 5) is 3.95. The lowest BCUT2D eigenvalue weighted by atomic mass is 10.0. The first-order valence-electron chi connectivity index (χ1n) is 4.42. The minimum Gasteiger partial charge on any atom is -0.398 e. The molecule has 2 heteroatoms. The van der Waals surface area contributed by atoms with E-state index >= 15 is 0 Å². The van der Waals surface area contributed by atoms with Gasteiger partial charge in [-0.25, -0.2) is 0 Å². The molecule has 0 saturated carbocycles. The van der Waals surface area contributed by atoms with Gasteiger partial charge in [0.05, 0.1) is 0 Å². The third-order valence-corrected chi connectivity index (χ3v) is 1.73. The standard InChI is InChI=1S/C12H18N2/c1-6-7-11(13)12(9(2)3)10(4)8-14-5/h6-8H,1-2,13H2,3-5H3/b11-7+,12-10+,14-8?. The van der Waals surface area contributed by atoms with Gasteiger partial charge < -0.3 is 5.73 Å². The maximum Gasteiger partial charge on any atom is 0.0393 e. The second-order valence-electron chi connectivity index (χ2n) is 3.08. The molecular formula is C12H18N2. The van der Waals surface area contributed by atoms with Crippen LogP contribution in [0.25, 0.3) is 0 Å². The molecule has 0 aromatic rings. The Hall–Kier alpha value is -1.57. The van der Waals surface area contributed by atoms with Crippen molar-refractivity contribution in [3.05, 3.63) is 47.7 Å². The van der Waals surface area contributed by atoms with Gasteiger partial charge in [-0.05, 0) is 31.1 Å². The largest absolute Gasteiger partial charge is 0.398 e. The van der Waals surface area contributed by atoms with Gasteiger partial charge in [0, 0.05) is 24.5 Å². The zero-order chi connectivity index (χ0) is 11.1. The Bertz CT molecular complexity index is 317. The van der Waals surface area contributed by atoms with Crippen LogP contribution >= 0.6 is 0 Å². The molecule has 0 bridgehead atoms. The van der Waals surface area contributed by atoms with Crippen molar-refractivity contribution in [2.75, 3.05) is 7.05 Å². The molecule has 0 saturated heterocycles. The molecule has 0 rings (SSSR count). The summed E-state index contributed by atoms with van der Waals surface area (Å²) in [6.45, 7) is 11.4. The summed E-state index contributed by atoms with van der Waals surface area (Å²) in [5.41, 5.74) is 9.42. The molecule has 0 radical (unpaired) electrons. The van der Waals surface area contributed by atoms with Crippen LogP contribution in [0.1, 0.15) is 13.8 Å². The van der Waals surface area contributed by atoms with Crippen molar-refractivity contribution in [2.45, 2.75) is 13.8 Å².